The van der Waals surface area contributed by atoms with E-state index in [2.05, 4.69) is 12.2 Å². The van der Waals surface area contributed by atoms with E-state index in [0.29, 0.717) is 0 Å². The highest BCUT2D eigenvalue weighted by molar-refractivity contribution is 5.20. The standard InChI is InChI=1S/C13H18FNO/c1-10(11-5-3-4-6-12(11)14)15-7-13(2)8-16-9-13/h3-6,10,15H,7-9H2,1-2H3/t10-/m1/s1. The second-order valence-electron chi connectivity index (χ2n) is 4.93. The molecule has 16 heavy (non-hydrogen) atoms. The Hall–Kier alpha value is -0.930. The molecular weight excluding hydrogens is 205 g/mol. The number of hydrogen-bond acceptors (Lipinski definition) is 2. The van der Waals surface area contributed by atoms with E-state index in [9.17, 15) is 4.39 Å². The third kappa shape index (κ3) is 2.42. The summed E-state index contributed by atoms with van der Waals surface area (Å²) in [6.45, 7) is 6.62. The van der Waals surface area contributed by atoms with Crippen LogP contribution in [-0.2, 0) is 4.74 Å². The van der Waals surface area contributed by atoms with Crippen LogP contribution in [0, 0.1) is 11.2 Å². The van der Waals surface area contributed by atoms with Gasteiger partial charge in [0.15, 0.2) is 0 Å². The van der Waals surface area contributed by atoms with E-state index in [-0.39, 0.29) is 17.3 Å². The fourth-order valence-corrected chi connectivity index (χ4v) is 1.89. The van der Waals surface area contributed by atoms with Gasteiger partial charge in [-0.2, -0.15) is 0 Å². The number of nitrogens with one attached hydrogen (secondary N) is 1. The lowest BCUT2D eigenvalue weighted by molar-refractivity contribution is -0.0999. The minimum Gasteiger partial charge on any atom is -0.380 e. The van der Waals surface area contributed by atoms with Gasteiger partial charge in [0.2, 0.25) is 0 Å². The normalized spacial score (nSPS) is 20.2. The second kappa shape index (κ2) is 4.52. The summed E-state index contributed by atoms with van der Waals surface area (Å²) >= 11 is 0. The van der Waals surface area contributed by atoms with Gasteiger partial charge in [0, 0.05) is 23.6 Å². The van der Waals surface area contributed by atoms with Gasteiger partial charge in [0.1, 0.15) is 5.82 Å². The molecule has 2 nitrogen and oxygen atoms in total. The molecule has 0 unspecified atom stereocenters. The summed E-state index contributed by atoms with van der Waals surface area (Å²) in [4.78, 5) is 0. The van der Waals surface area contributed by atoms with Crippen molar-refractivity contribution in [2.75, 3.05) is 19.8 Å². The van der Waals surface area contributed by atoms with Gasteiger partial charge in [0.05, 0.1) is 13.2 Å². The van der Waals surface area contributed by atoms with Gasteiger partial charge in [-0.05, 0) is 13.0 Å². The van der Waals surface area contributed by atoms with E-state index in [1.807, 2.05) is 19.1 Å². The molecule has 1 aromatic carbocycles. The smallest absolute Gasteiger partial charge is 0.127 e. The lowest BCUT2D eigenvalue weighted by atomic mass is 9.88. The first kappa shape index (κ1) is 11.6. The number of halogens is 1. The zero-order valence-electron chi connectivity index (χ0n) is 9.79. The van der Waals surface area contributed by atoms with E-state index in [0.717, 1.165) is 25.3 Å². The van der Waals surface area contributed by atoms with Crippen molar-refractivity contribution in [3.05, 3.63) is 35.6 Å². The largest absolute Gasteiger partial charge is 0.380 e. The quantitative estimate of drug-likeness (QED) is 0.846. The summed E-state index contributed by atoms with van der Waals surface area (Å²) in [6.07, 6.45) is 0. The molecule has 1 heterocycles. The molecule has 1 fully saturated rings. The molecule has 0 aromatic heterocycles. The zero-order chi connectivity index (χ0) is 11.6. The number of hydrogen-bond donors (Lipinski definition) is 1. The van der Waals surface area contributed by atoms with Crippen molar-refractivity contribution in [2.45, 2.75) is 19.9 Å². The van der Waals surface area contributed by atoms with E-state index in [1.54, 1.807) is 6.07 Å². The van der Waals surface area contributed by atoms with Gasteiger partial charge >= 0.3 is 0 Å². The molecule has 0 radical (unpaired) electrons. The zero-order valence-corrected chi connectivity index (χ0v) is 9.79. The van der Waals surface area contributed by atoms with Crippen molar-refractivity contribution >= 4 is 0 Å². The van der Waals surface area contributed by atoms with Gasteiger partial charge in [0.25, 0.3) is 0 Å². The Labute approximate surface area is 95.8 Å². The van der Waals surface area contributed by atoms with Crippen LogP contribution in [0.1, 0.15) is 25.5 Å². The molecule has 0 bridgehead atoms. The SMILES string of the molecule is C[C@@H](NCC1(C)COC1)c1ccccc1F. The Kier molecular flexibility index (Phi) is 3.26. The molecular formula is C13H18FNO. The van der Waals surface area contributed by atoms with Crippen molar-refractivity contribution in [1.29, 1.82) is 0 Å². The van der Waals surface area contributed by atoms with Crippen LogP contribution in [-0.4, -0.2) is 19.8 Å². The van der Waals surface area contributed by atoms with Gasteiger partial charge in [-0.1, -0.05) is 25.1 Å². The topological polar surface area (TPSA) is 21.3 Å². The lowest BCUT2D eigenvalue weighted by Gasteiger charge is -2.39. The minimum absolute atomic E-state index is 0.0404. The van der Waals surface area contributed by atoms with Gasteiger partial charge in [-0.3, -0.25) is 0 Å². The highest BCUT2D eigenvalue weighted by atomic mass is 19.1. The predicted molar refractivity (Wildman–Crippen MR) is 61.7 cm³/mol. The number of ether oxygens (including phenoxy) is 1. The van der Waals surface area contributed by atoms with Gasteiger partial charge in [-0.25, -0.2) is 4.39 Å². The molecule has 0 saturated carbocycles. The highest BCUT2D eigenvalue weighted by Gasteiger charge is 2.33. The average molecular weight is 223 g/mol. The maximum absolute atomic E-state index is 13.5. The van der Waals surface area contributed by atoms with Crippen LogP contribution in [0.2, 0.25) is 0 Å². The first-order chi connectivity index (χ1) is 7.61. The van der Waals surface area contributed by atoms with E-state index in [1.165, 1.54) is 6.07 Å². The third-order valence-corrected chi connectivity index (χ3v) is 3.11. The minimum atomic E-state index is -0.141. The van der Waals surface area contributed by atoms with E-state index < -0.39 is 0 Å². The molecule has 0 spiro atoms. The Morgan fingerprint density at radius 1 is 1.44 bits per heavy atom. The fourth-order valence-electron chi connectivity index (χ4n) is 1.89. The molecule has 1 N–H and O–H groups in total. The molecule has 1 aliphatic rings. The highest BCUT2D eigenvalue weighted by Crippen LogP contribution is 2.26. The second-order valence-corrected chi connectivity index (χ2v) is 4.93. The molecule has 1 aliphatic heterocycles. The molecule has 1 aromatic rings. The first-order valence-electron chi connectivity index (χ1n) is 5.66. The van der Waals surface area contributed by atoms with Crippen LogP contribution in [0.4, 0.5) is 4.39 Å². The average Bonchev–Trinajstić information content (AvgIpc) is 2.24. The van der Waals surface area contributed by atoms with Crippen LogP contribution in [0.25, 0.3) is 0 Å². The maximum Gasteiger partial charge on any atom is 0.127 e. The summed E-state index contributed by atoms with van der Waals surface area (Å²) in [5, 5.41) is 3.36. The van der Waals surface area contributed by atoms with Crippen molar-refractivity contribution < 1.29 is 9.13 Å². The number of benzene rings is 1. The molecule has 2 rings (SSSR count). The molecule has 3 heteroatoms. The Morgan fingerprint density at radius 3 is 2.69 bits per heavy atom. The third-order valence-electron chi connectivity index (χ3n) is 3.11. The molecule has 1 saturated heterocycles. The van der Waals surface area contributed by atoms with Gasteiger partial charge in [-0.15, -0.1) is 0 Å². The summed E-state index contributed by atoms with van der Waals surface area (Å²) in [5.41, 5.74) is 0.950. The fraction of sp³-hybridized carbons (Fsp3) is 0.538. The van der Waals surface area contributed by atoms with Crippen LogP contribution in [0.3, 0.4) is 0 Å². The predicted octanol–water partition coefficient (Wildman–Crippen LogP) is 2.51. The van der Waals surface area contributed by atoms with Crippen LogP contribution in [0.5, 0.6) is 0 Å². The number of rotatable bonds is 4. The maximum atomic E-state index is 13.5. The lowest BCUT2D eigenvalue weighted by Crippen LogP contribution is -2.47. The summed E-state index contributed by atoms with van der Waals surface area (Å²) in [7, 11) is 0. The Morgan fingerprint density at radius 2 is 2.12 bits per heavy atom. The molecule has 0 amide bonds. The first-order valence-corrected chi connectivity index (χ1v) is 5.66. The summed E-state index contributed by atoms with van der Waals surface area (Å²) in [6, 6.07) is 6.95. The summed E-state index contributed by atoms with van der Waals surface area (Å²) in [5.74, 6) is -0.141. The Bertz CT molecular complexity index is 363. The van der Waals surface area contributed by atoms with Crippen LogP contribution < -0.4 is 5.32 Å². The molecule has 1 atom stereocenters. The van der Waals surface area contributed by atoms with Crippen molar-refractivity contribution in [3.8, 4) is 0 Å². The molecule has 0 aliphatic carbocycles. The van der Waals surface area contributed by atoms with Crippen molar-refractivity contribution in [3.63, 3.8) is 0 Å². The summed E-state index contributed by atoms with van der Waals surface area (Å²) < 4.78 is 18.7. The van der Waals surface area contributed by atoms with Gasteiger partial charge < -0.3 is 10.1 Å². The van der Waals surface area contributed by atoms with Crippen LogP contribution in [0.15, 0.2) is 24.3 Å². The molecule has 88 valence electrons. The van der Waals surface area contributed by atoms with E-state index in [4.69, 9.17) is 4.74 Å². The van der Waals surface area contributed by atoms with Crippen molar-refractivity contribution in [2.24, 2.45) is 5.41 Å². The Balaban J connectivity index is 1.93. The van der Waals surface area contributed by atoms with Crippen molar-refractivity contribution in [1.82, 2.24) is 5.32 Å². The van der Waals surface area contributed by atoms with E-state index >= 15 is 0 Å². The monoisotopic (exact) mass is 223 g/mol. The van der Waals surface area contributed by atoms with Crippen LogP contribution >= 0.6 is 0 Å².